The molecule has 1 saturated carbocycles. The Balaban J connectivity index is 1.95. The standard InChI is InChI=1S/C20H21F3N2O2S/c21-20(22,23)19(27)25(13-14-7-2-1-3-8-14)17(16-11-6-12-28-16)18(26)24-15-9-4-5-10-15/h1-3,6-8,11-12,15,17H,4-5,9-10,13H2,(H,24,26)/t17-/m0/s1. The minimum absolute atomic E-state index is 0.0606. The maximum absolute atomic E-state index is 13.4. The van der Waals surface area contributed by atoms with Gasteiger partial charge in [-0.05, 0) is 29.9 Å². The molecule has 1 atom stereocenters. The molecule has 0 unspecified atom stereocenters. The van der Waals surface area contributed by atoms with E-state index in [9.17, 15) is 22.8 Å². The zero-order chi connectivity index (χ0) is 20.1. The number of amides is 2. The molecule has 8 heteroatoms. The third-order valence-corrected chi connectivity index (χ3v) is 5.70. The van der Waals surface area contributed by atoms with Gasteiger partial charge in [-0.15, -0.1) is 11.3 Å². The molecule has 1 fully saturated rings. The maximum atomic E-state index is 13.4. The fourth-order valence-corrected chi connectivity index (χ4v) is 4.28. The largest absolute Gasteiger partial charge is 0.471 e. The molecule has 1 aliphatic rings. The van der Waals surface area contributed by atoms with Crippen LogP contribution < -0.4 is 5.32 Å². The van der Waals surface area contributed by atoms with Gasteiger partial charge in [0.05, 0.1) is 0 Å². The summed E-state index contributed by atoms with van der Waals surface area (Å²) in [4.78, 5) is 26.3. The number of halogens is 3. The van der Waals surface area contributed by atoms with Crippen LogP contribution in [0.2, 0.25) is 0 Å². The fourth-order valence-electron chi connectivity index (χ4n) is 3.44. The second kappa shape index (κ2) is 8.77. The van der Waals surface area contributed by atoms with Crippen molar-refractivity contribution in [1.82, 2.24) is 10.2 Å². The van der Waals surface area contributed by atoms with E-state index in [-0.39, 0.29) is 12.6 Å². The molecule has 1 aromatic heterocycles. The summed E-state index contributed by atoms with van der Waals surface area (Å²) in [6.45, 7) is -0.306. The van der Waals surface area contributed by atoms with Gasteiger partial charge in [0.2, 0.25) is 5.91 Å². The van der Waals surface area contributed by atoms with Crippen molar-refractivity contribution >= 4 is 23.2 Å². The van der Waals surface area contributed by atoms with Crippen LogP contribution in [0.25, 0.3) is 0 Å². The third kappa shape index (κ3) is 4.92. The van der Waals surface area contributed by atoms with E-state index >= 15 is 0 Å². The van der Waals surface area contributed by atoms with E-state index in [4.69, 9.17) is 0 Å². The van der Waals surface area contributed by atoms with Gasteiger partial charge in [-0.1, -0.05) is 49.2 Å². The molecule has 0 spiro atoms. The molecule has 150 valence electrons. The van der Waals surface area contributed by atoms with Crippen molar-refractivity contribution in [2.45, 2.75) is 50.5 Å². The van der Waals surface area contributed by atoms with Gasteiger partial charge >= 0.3 is 12.1 Å². The van der Waals surface area contributed by atoms with E-state index in [1.807, 2.05) is 0 Å². The van der Waals surface area contributed by atoms with Crippen LogP contribution >= 0.6 is 11.3 Å². The Labute approximate surface area is 165 Å². The van der Waals surface area contributed by atoms with Crippen molar-refractivity contribution in [2.75, 3.05) is 0 Å². The van der Waals surface area contributed by atoms with Crippen LogP contribution in [0.4, 0.5) is 13.2 Å². The number of carbonyl (C=O) groups excluding carboxylic acids is 2. The van der Waals surface area contributed by atoms with Crippen LogP contribution in [-0.4, -0.2) is 28.9 Å². The van der Waals surface area contributed by atoms with E-state index in [2.05, 4.69) is 5.32 Å². The number of carbonyl (C=O) groups is 2. The van der Waals surface area contributed by atoms with Crippen LogP contribution in [0, 0.1) is 0 Å². The van der Waals surface area contributed by atoms with Crippen LogP contribution in [0.1, 0.15) is 42.2 Å². The van der Waals surface area contributed by atoms with Gasteiger partial charge in [-0.25, -0.2) is 0 Å². The molecule has 3 rings (SSSR count). The van der Waals surface area contributed by atoms with Gasteiger partial charge in [-0.3, -0.25) is 9.59 Å². The smallest absolute Gasteiger partial charge is 0.351 e. The van der Waals surface area contributed by atoms with Crippen LogP contribution in [0.3, 0.4) is 0 Å². The molecular formula is C20H21F3N2O2S. The highest BCUT2D eigenvalue weighted by atomic mass is 32.1. The molecule has 1 aliphatic carbocycles. The highest BCUT2D eigenvalue weighted by Gasteiger charge is 2.47. The number of benzene rings is 1. The van der Waals surface area contributed by atoms with Crippen molar-refractivity contribution in [3.8, 4) is 0 Å². The topological polar surface area (TPSA) is 49.4 Å². The number of nitrogens with one attached hydrogen (secondary N) is 1. The Kier molecular flexibility index (Phi) is 6.39. The molecule has 2 amide bonds. The highest BCUT2D eigenvalue weighted by molar-refractivity contribution is 7.10. The molecule has 1 N–H and O–H groups in total. The van der Waals surface area contributed by atoms with Crippen molar-refractivity contribution in [3.63, 3.8) is 0 Å². The predicted octanol–water partition coefficient (Wildman–Crippen LogP) is 4.44. The van der Waals surface area contributed by atoms with E-state index in [0.717, 1.165) is 37.0 Å². The Hall–Kier alpha value is -2.35. The van der Waals surface area contributed by atoms with E-state index < -0.39 is 24.0 Å². The van der Waals surface area contributed by atoms with Crippen molar-refractivity contribution in [3.05, 3.63) is 58.3 Å². The van der Waals surface area contributed by atoms with E-state index in [1.165, 1.54) is 0 Å². The number of thiophene rings is 1. The zero-order valence-corrected chi connectivity index (χ0v) is 15.9. The van der Waals surface area contributed by atoms with Crippen LogP contribution in [0.15, 0.2) is 47.8 Å². The third-order valence-electron chi connectivity index (χ3n) is 4.77. The molecule has 1 heterocycles. The first-order valence-corrected chi connectivity index (χ1v) is 9.99. The summed E-state index contributed by atoms with van der Waals surface area (Å²) in [5, 5.41) is 4.53. The van der Waals surface area contributed by atoms with Crippen LogP contribution in [-0.2, 0) is 16.1 Å². The first kappa shape index (κ1) is 20.4. The number of rotatable bonds is 6. The van der Waals surface area contributed by atoms with E-state index in [1.54, 1.807) is 47.8 Å². The average molecular weight is 410 g/mol. The highest BCUT2D eigenvalue weighted by Crippen LogP contribution is 2.32. The summed E-state index contributed by atoms with van der Waals surface area (Å²) in [7, 11) is 0. The minimum atomic E-state index is -5.07. The minimum Gasteiger partial charge on any atom is -0.351 e. The Bertz CT molecular complexity index is 788. The van der Waals surface area contributed by atoms with Gasteiger partial charge in [-0.2, -0.15) is 13.2 Å². The number of alkyl halides is 3. The molecule has 0 bridgehead atoms. The zero-order valence-electron chi connectivity index (χ0n) is 15.1. The molecule has 0 saturated heterocycles. The summed E-state index contributed by atoms with van der Waals surface area (Å²) in [5.41, 5.74) is 0.523. The normalized spacial score (nSPS) is 16.0. The lowest BCUT2D eigenvalue weighted by molar-refractivity contribution is -0.189. The molecule has 4 nitrogen and oxygen atoms in total. The summed E-state index contributed by atoms with van der Waals surface area (Å²) >= 11 is 1.16. The maximum Gasteiger partial charge on any atom is 0.471 e. The Morgan fingerprint density at radius 2 is 1.79 bits per heavy atom. The number of hydrogen-bond donors (Lipinski definition) is 1. The predicted molar refractivity (Wildman–Crippen MR) is 101 cm³/mol. The van der Waals surface area contributed by atoms with E-state index in [0.29, 0.717) is 15.3 Å². The number of nitrogens with zero attached hydrogens (tertiary/aromatic N) is 1. The molecule has 2 aromatic rings. The lowest BCUT2D eigenvalue weighted by Gasteiger charge is -2.32. The quantitative estimate of drug-likeness (QED) is 0.766. The lowest BCUT2D eigenvalue weighted by atomic mass is 10.1. The molecule has 0 aliphatic heterocycles. The van der Waals surface area contributed by atoms with Crippen molar-refractivity contribution in [1.29, 1.82) is 0 Å². The van der Waals surface area contributed by atoms with Crippen molar-refractivity contribution in [2.24, 2.45) is 0 Å². The van der Waals surface area contributed by atoms with Crippen molar-refractivity contribution < 1.29 is 22.8 Å². The summed E-state index contributed by atoms with van der Waals surface area (Å²) in [6.07, 6.45) is -1.52. The second-order valence-corrected chi connectivity index (χ2v) is 7.80. The fraction of sp³-hybridized carbons (Fsp3) is 0.400. The SMILES string of the molecule is O=C(NC1CCCC1)[C@H](c1cccs1)N(Cc1ccccc1)C(=O)C(F)(F)F. The lowest BCUT2D eigenvalue weighted by Crippen LogP contribution is -2.49. The molecular weight excluding hydrogens is 389 g/mol. The van der Waals surface area contributed by atoms with Crippen LogP contribution in [0.5, 0.6) is 0 Å². The second-order valence-electron chi connectivity index (χ2n) is 6.82. The first-order chi connectivity index (χ1) is 13.4. The molecule has 0 radical (unpaired) electrons. The van der Waals surface area contributed by atoms with Gasteiger partial charge in [0, 0.05) is 17.5 Å². The molecule has 1 aromatic carbocycles. The molecule has 28 heavy (non-hydrogen) atoms. The summed E-state index contributed by atoms with van der Waals surface area (Å²) in [5.74, 6) is -2.58. The Morgan fingerprint density at radius 1 is 1.11 bits per heavy atom. The van der Waals surface area contributed by atoms with Gasteiger partial charge in [0.25, 0.3) is 0 Å². The van der Waals surface area contributed by atoms with Gasteiger partial charge < -0.3 is 10.2 Å². The number of hydrogen-bond acceptors (Lipinski definition) is 3. The van der Waals surface area contributed by atoms with Gasteiger partial charge in [0.1, 0.15) is 6.04 Å². The first-order valence-electron chi connectivity index (χ1n) is 9.12. The average Bonchev–Trinajstić information content (AvgIpc) is 3.35. The monoisotopic (exact) mass is 410 g/mol. The Morgan fingerprint density at radius 3 is 2.36 bits per heavy atom. The van der Waals surface area contributed by atoms with Gasteiger partial charge in [0.15, 0.2) is 0 Å². The summed E-state index contributed by atoms with van der Waals surface area (Å²) < 4.78 is 40.1. The summed E-state index contributed by atoms with van der Waals surface area (Å²) in [6, 6.07) is 10.2.